The number of esters is 1. The monoisotopic (exact) mass is 476 g/mol. The lowest BCUT2D eigenvalue weighted by Crippen LogP contribution is -2.32. The van der Waals surface area contributed by atoms with Crippen LogP contribution < -0.4 is 9.64 Å². The number of imide groups is 1. The Bertz CT molecular complexity index is 1270. The summed E-state index contributed by atoms with van der Waals surface area (Å²) in [5, 5.41) is 11.1. The van der Waals surface area contributed by atoms with Crippen molar-refractivity contribution >= 4 is 34.9 Å². The molecule has 2 fully saturated rings. The number of ether oxygens (including phenoxy) is 2. The molecule has 2 aromatic rings. The third-order valence-corrected chi connectivity index (χ3v) is 6.86. The highest BCUT2D eigenvalue weighted by atomic mass is 16.6. The molecule has 3 aliphatic rings. The van der Waals surface area contributed by atoms with Gasteiger partial charge in [0, 0.05) is 11.6 Å². The third-order valence-electron chi connectivity index (χ3n) is 6.86. The van der Waals surface area contributed by atoms with Crippen molar-refractivity contribution in [3.63, 3.8) is 0 Å². The number of methoxy groups -OCH3 is 1. The van der Waals surface area contributed by atoms with Crippen LogP contribution in [-0.2, 0) is 14.3 Å². The zero-order chi connectivity index (χ0) is 24.9. The maximum absolute atomic E-state index is 12.9. The minimum atomic E-state index is -0.786. The molecule has 1 heterocycles. The molecule has 2 amide bonds. The summed E-state index contributed by atoms with van der Waals surface area (Å²) in [4.78, 5) is 62.3. The number of hydrogen-bond donors (Lipinski definition) is 0. The highest BCUT2D eigenvalue weighted by Gasteiger charge is 2.59. The molecule has 10 heteroatoms. The highest BCUT2D eigenvalue weighted by molar-refractivity contribution is 6.22. The molecule has 2 aromatic carbocycles. The zero-order valence-electron chi connectivity index (χ0n) is 18.6. The Kier molecular flexibility index (Phi) is 5.43. The van der Waals surface area contributed by atoms with E-state index < -0.39 is 23.3 Å². The van der Waals surface area contributed by atoms with Crippen molar-refractivity contribution in [2.75, 3.05) is 18.6 Å². The molecule has 0 unspecified atom stereocenters. The molecule has 0 N–H and O–H groups in total. The number of allylic oxidation sites excluding steroid dienone is 2. The van der Waals surface area contributed by atoms with Crippen LogP contribution in [0.1, 0.15) is 27.1 Å². The Hall–Kier alpha value is -4.34. The van der Waals surface area contributed by atoms with Gasteiger partial charge in [-0.15, -0.1) is 0 Å². The summed E-state index contributed by atoms with van der Waals surface area (Å²) >= 11 is 0. The van der Waals surface area contributed by atoms with Crippen molar-refractivity contribution < 1.29 is 33.6 Å². The summed E-state index contributed by atoms with van der Waals surface area (Å²) in [5.74, 6) is -2.27. The van der Waals surface area contributed by atoms with Crippen LogP contribution in [0.25, 0.3) is 0 Å². The number of ketones is 1. The van der Waals surface area contributed by atoms with Gasteiger partial charge in [0.25, 0.3) is 0 Å². The number of rotatable bonds is 7. The maximum Gasteiger partial charge on any atom is 0.338 e. The molecule has 1 saturated heterocycles. The maximum atomic E-state index is 12.9. The molecule has 0 radical (unpaired) electrons. The zero-order valence-corrected chi connectivity index (χ0v) is 18.6. The number of nitro groups is 1. The van der Waals surface area contributed by atoms with E-state index in [1.54, 1.807) is 0 Å². The molecular weight excluding hydrogens is 456 g/mol. The van der Waals surface area contributed by atoms with Crippen molar-refractivity contribution in [2.45, 2.75) is 6.42 Å². The van der Waals surface area contributed by atoms with Gasteiger partial charge in [-0.2, -0.15) is 0 Å². The molecule has 4 atom stereocenters. The Balaban J connectivity index is 1.24. The lowest BCUT2D eigenvalue weighted by Gasteiger charge is -2.17. The average molecular weight is 476 g/mol. The summed E-state index contributed by atoms with van der Waals surface area (Å²) in [6, 6.07) is 9.53. The first kappa shape index (κ1) is 22.5. The molecule has 35 heavy (non-hydrogen) atoms. The lowest BCUT2D eigenvalue weighted by molar-refractivity contribution is -0.385. The van der Waals surface area contributed by atoms with E-state index in [0.717, 1.165) is 12.5 Å². The van der Waals surface area contributed by atoms with Crippen LogP contribution in [-0.4, -0.2) is 42.2 Å². The van der Waals surface area contributed by atoms with Crippen LogP contribution in [0.15, 0.2) is 54.6 Å². The molecule has 2 aliphatic carbocycles. The Morgan fingerprint density at radius 1 is 1.00 bits per heavy atom. The number of fused-ring (bicyclic) bond motifs is 5. The molecule has 0 aromatic heterocycles. The molecule has 1 saturated carbocycles. The van der Waals surface area contributed by atoms with Gasteiger partial charge >= 0.3 is 11.7 Å². The first-order valence-corrected chi connectivity index (χ1v) is 11.0. The second-order valence-corrected chi connectivity index (χ2v) is 8.70. The minimum absolute atomic E-state index is 0.000659. The van der Waals surface area contributed by atoms with E-state index in [1.807, 2.05) is 12.2 Å². The molecule has 0 spiro atoms. The largest absolute Gasteiger partial charge is 0.490 e. The highest BCUT2D eigenvalue weighted by Crippen LogP contribution is 2.53. The standard InChI is InChI=1S/C25H20N2O8/c1-34-20-9-6-14(11-18(20)27(32)33)19(28)12-35-25(31)13-4-7-17(8-5-13)26-23(29)21-15-2-3-16(10-15)22(21)24(26)30/h2-9,11,15-16,21-22H,10,12H2,1H3/t15-,16-,21+,22+/m0/s1. The van der Waals surface area contributed by atoms with Gasteiger partial charge in [-0.1, -0.05) is 12.2 Å². The Morgan fingerprint density at radius 2 is 1.60 bits per heavy atom. The predicted octanol–water partition coefficient (Wildman–Crippen LogP) is 2.95. The van der Waals surface area contributed by atoms with Gasteiger partial charge in [-0.05, 0) is 54.7 Å². The van der Waals surface area contributed by atoms with Gasteiger partial charge in [0.15, 0.2) is 12.4 Å². The predicted molar refractivity (Wildman–Crippen MR) is 121 cm³/mol. The number of nitro benzene ring substituents is 1. The van der Waals surface area contributed by atoms with E-state index in [9.17, 15) is 29.3 Å². The summed E-state index contributed by atoms with van der Waals surface area (Å²) in [6.07, 6.45) is 4.88. The van der Waals surface area contributed by atoms with Crippen molar-refractivity contribution in [1.82, 2.24) is 0 Å². The van der Waals surface area contributed by atoms with Crippen LogP contribution in [0.5, 0.6) is 5.75 Å². The number of Topliss-reactive ketones (excluding diaryl/α,β-unsaturated/α-hetero) is 1. The fraction of sp³-hybridized carbons (Fsp3) is 0.280. The number of amides is 2. The van der Waals surface area contributed by atoms with E-state index >= 15 is 0 Å². The summed E-state index contributed by atoms with van der Waals surface area (Å²) in [6.45, 7) is -0.619. The molecular formula is C25H20N2O8. The molecule has 5 rings (SSSR count). The fourth-order valence-corrected chi connectivity index (χ4v) is 5.21. The van der Waals surface area contributed by atoms with E-state index in [0.29, 0.717) is 5.69 Å². The van der Waals surface area contributed by atoms with Crippen molar-refractivity contribution in [1.29, 1.82) is 0 Å². The quantitative estimate of drug-likeness (QED) is 0.149. The topological polar surface area (TPSA) is 133 Å². The summed E-state index contributed by atoms with van der Waals surface area (Å²) in [5.41, 5.74) is 0.134. The van der Waals surface area contributed by atoms with Crippen molar-refractivity contribution in [2.24, 2.45) is 23.7 Å². The average Bonchev–Trinajstić information content (AvgIpc) is 3.55. The Morgan fingerprint density at radius 3 is 2.17 bits per heavy atom. The van der Waals surface area contributed by atoms with Gasteiger partial charge in [-0.3, -0.25) is 29.4 Å². The molecule has 1 aliphatic heterocycles. The van der Waals surface area contributed by atoms with Crippen molar-refractivity contribution in [3.8, 4) is 5.75 Å². The van der Waals surface area contributed by atoms with Crippen LogP contribution in [0.2, 0.25) is 0 Å². The van der Waals surface area contributed by atoms with E-state index in [2.05, 4.69) is 0 Å². The summed E-state index contributed by atoms with van der Waals surface area (Å²) in [7, 11) is 1.28. The summed E-state index contributed by atoms with van der Waals surface area (Å²) < 4.78 is 9.97. The molecule has 10 nitrogen and oxygen atoms in total. The smallest absolute Gasteiger partial charge is 0.338 e. The fourth-order valence-electron chi connectivity index (χ4n) is 5.21. The number of carbonyl (C=O) groups excluding carboxylic acids is 4. The first-order valence-electron chi connectivity index (χ1n) is 11.0. The van der Waals surface area contributed by atoms with E-state index in [1.165, 1.54) is 48.4 Å². The van der Waals surface area contributed by atoms with E-state index in [4.69, 9.17) is 9.47 Å². The normalized spacial score (nSPS) is 24.0. The van der Waals surface area contributed by atoms with Crippen LogP contribution in [0, 0.1) is 33.8 Å². The van der Waals surface area contributed by atoms with Crippen LogP contribution in [0.3, 0.4) is 0 Å². The molecule has 2 bridgehead atoms. The third kappa shape index (κ3) is 3.67. The number of benzene rings is 2. The number of carbonyl (C=O) groups is 4. The van der Waals surface area contributed by atoms with Gasteiger partial charge < -0.3 is 9.47 Å². The second-order valence-electron chi connectivity index (χ2n) is 8.70. The van der Waals surface area contributed by atoms with Crippen molar-refractivity contribution in [3.05, 3.63) is 75.9 Å². The number of anilines is 1. The van der Waals surface area contributed by atoms with E-state index in [-0.39, 0.29) is 58.0 Å². The van der Waals surface area contributed by atoms with Crippen LogP contribution >= 0.6 is 0 Å². The van der Waals surface area contributed by atoms with Gasteiger partial charge in [0.05, 0.1) is 35.1 Å². The molecule has 178 valence electrons. The van der Waals surface area contributed by atoms with Gasteiger partial charge in [0.2, 0.25) is 17.6 Å². The van der Waals surface area contributed by atoms with Gasteiger partial charge in [-0.25, -0.2) is 4.79 Å². The second kappa shape index (κ2) is 8.46. The Labute approximate surface area is 199 Å². The lowest BCUT2D eigenvalue weighted by atomic mass is 9.85. The minimum Gasteiger partial charge on any atom is -0.490 e. The van der Waals surface area contributed by atoms with Crippen LogP contribution in [0.4, 0.5) is 11.4 Å². The number of nitrogens with zero attached hydrogens (tertiary/aromatic N) is 2. The van der Waals surface area contributed by atoms with Gasteiger partial charge in [0.1, 0.15) is 0 Å². The number of hydrogen-bond acceptors (Lipinski definition) is 8. The SMILES string of the molecule is COc1ccc(C(=O)COC(=O)c2ccc(N3C(=O)[C@H]4[C@H](C3=O)[C@H]3C=C[C@H]4C3)cc2)cc1[N+](=O)[O-]. The first-order chi connectivity index (χ1) is 16.8.